The highest BCUT2D eigenvalue weighted by Gasteiger charge is 2.41. The van der Waals surface area contributed by atoms with Crippen LogP contribution in [-0.4, -0.2) is 43.2 Å². The lowest BCUT2D eigenvalue weighted by Gasteiger charge is -2.38. The van der Waals surface area contributed by atoms with Crippen LogP contribution in [0.15, 0.2) is 30.3 Å². The molecule has 1 aromatic carbocycles. The Morgan fingerprint density at radius 2 is 1.90 bits per heavy atom. The summed E-state index contributed by atoms with van der Waals surface area (Å²) in [5.74, 6) is 0.118. The first-order chi connectivity index (χ1) is 9.72. The van der Waals surface area contributed by atoms with Gasteiger partial charge in [-0.15, -0.1) is 12.4 Å². The standard InChI is InChI=1S/C16H24N2O2.ClH/c1-3-18(13-14-7-5-4-6-8-14)15(19)16(20-2)9-11-17-12-10-16;/h4-8,17H,3,9-13H2,1-2H3;1H. The number of likely N-dealkylation sites (N-methyl/N-ethyl adjacent to an activating group) is 1. The first kappa shape index (κ1) is 18.0. The summed E-state index contributed by atoms with van der Waals surface area (Å²) in [5.41, 5.74) is 0.513. The van der Waals surface area contributed by atoms with Crippen molar-refractivity contribution in [2.75, 3.05) is 26.7 Å². The van der Waals surface area contributed by atoms with Gasteiger partial charge in [-0.1, -0.05) is 30.3 Å². The molecule has 2 rings (SSSR count). The lowest BCUT2D eigenvalue weighted by molar-refractivity contribution is -0.158. The van der Waals surface area contributed by atoms with Gasteiger partial charge in [0.2, 0.25) is 0 Å². The van der Waals surface area contributed by atoms with Gasteiger partial charge < -0.3 is 15.0 Å². The summed E-state index contributed by atoms with van der Waals surface area (Å²) in [6.07, 6.45) is 1.49. The second kappa shape index (κ2) is 8.37. The molecule has 1 fully saturated rings. The highest BCUT2D eigenvalue weighted by molar-refractivity contribution is 5.85. The van der Waals surface area contributed by atoms with Crippen molar-refractivity contribution < 1.29 is 9.53 Å². The maximum atomic E-state index is 12.9. The Morgan fingerprint density at radius 1 is 1.29 bits per heavy atom. The highest BCUT2D eigenvalue weighted by atomic mass is 35.5. The molecule has 0 saturated carbocycles. The van der Waals surface area contributed by atoms with E-state index in [1.54, 1.807) is 7.11 Å². The number of carbonyl (C=O) groups is 1. The van der Waals surface area contributed by atoms with Gasteiger partial charge in [0.05, 0.1) is 0 Å². The number of hydrogen-bond acceptors (Lipinski definition) is 3. The smallest absolute Gasteiger partial charge is 0.255 e. The molecule has 1 N–H and O–H groups in total. The van der Waals surface area contributed by atoms with Gasteiger partial charge in [0.15, 0.2) is 0 Å². The Labute approximate surface area is 133 Å². The van der Waals surface area contributed by atoms with Gasteiger partial charge in [0.1, 0.15) is 5.60 Å². The van der Waals surface area contributed by atoms with Gasteiger partial charge in [0, 0.05) is 20.2 Å². The summed E-state index contributed by atoms with van der Waals surface area (Å²) in [5, 5.41) is 3.28. The predicted molar refractivity (Wildman–Crippen MR) is 86.6 cm³/mol. The van der Waals surface area contributed by atoms with Crippen molar-refractivity contribution in [3.8, 4) is 0 Å². The van der Waals surface area contributed by atoms with Crippen molar-refractivity contribution >= 4 is 18.3 Å². The van der Waals surface area contributed by atoms with Gasteiger partial charge >= 0.3 is 0 Å². The second-order valence-electron chi connectivity index (χ2n) is 5.25. The number of nitrogens with one attached hydrogen (secondary N) is 1. The lowest BCUT2D eigenvalue weighted by Crippen LogP contribution is -2.55. The Balaban J connectivity index is 0.00000220. The van der Waals surface area contributed by atoms with E-state index in [0.717, 1.165) is 31.5 Å². The molecule has 0 aromatic heterocycles. The second-order valence-corrected chi connectivity index (χ2v) is 5.25. The van der Waals surface area contributed by atoms with E-state index >= 15 is 0 Å². The summed E-state index contributed by atoms with van der Waals surface area (Å²) in [6, 6.07) is 10.1. The molecular formula is C16H25ClN2O2. The number of nitrogens with zero attached hydrogens (tertiary/aromatic N) is 1. The number of benzene rings is 1. The molecule has 1 amide bonds. The van der Waals surface area contributed by atoms with Gasteiger partial charge in [-0.25, -0.2) is 0 Å². The maximum absolute atomic E-state index is 12.9. The molecule has 21 heavy (non-hydrogen) atoms. The number of carbonyl (C=O) groups excluding carboxylic acids is 1. The fourth-order valence-corrected chi connectivity index (χ4v) is 2.76. The highest BCUT2D eigenvalue weighted by Crippen LogP contribution is 2.25. The number of amides is 1. The number of methoxy groups -OCH3 is 1. The SMILES string of the molecule is CCN(Cc1ccccc1)C(=O)C1(OC)CCNCC1.Cl. The molecule has 1 aliphatic heterocycles. The maximum Gasteiger partial charge on any atom is 0.255 e. The van der Waals surface area contributed by atoms with Crippen LogP contribution in [0.3, 0.4) is 0 Å². The zero-order valence-corrected chi connectivity index (χ0v) is 13.6. The molecule has 1 heterocycles. The average Bonchev–Trinajstić information content (AvgIpc) is 2.53. The summed E-state index contributed by atoms with van der Waals surface area (Å²) in [4.78, 5) is 14.8. The van der Waals surface area contributed by atoms with Gasteiger partial charge in [0.25, 0.3) is 5.91 Å². The molecule has 1 saturated heterocycles. The van der Waals surface area contributed by atoms with E-state index in [4.69, 9.17) is 4.74 Å². The number of piperidine rings is 1. The van der Waals surface area contributed by atoms with E-state index in [0.29, 0.717) is 13.1 Å². The molecule has 1 aromatic rings. The first-order valence-corrected chi connectivity index (χ1v) is 7.31. The van der Waals surface area contributed by atoms with E-state index in [9.17, 15) is 4.79 Å². The van der Waals surface area contributed by atoms with E-state index in [2.05, 4.69) is 17.4 Å². The molecule has 0 unspecified atom stereocenters. The Morgan fingerprint density at radius 3 is 2.43 bits per heavy atom. The first-order valence-electron chi connectivity index (χ1n) is 7.31. The average molecular weight is 313 g/mol. The van der Waals surface area contributed by atoms with Crippen LogP contribution in [0.1, 0.15) is 25.3 Å². The summed E-state index contributed by atoms with van der Waals surface area (Å²) < 4.78 is 5.63. The summed E-state index contributed by atoms with van der Waals surface area (Å²) in [7, 11) is 1.65. The van der Waals surface area contributed by atoms with Gasteiger partial charge in [-0.05, 0) is 38.4 Å². The zero-order chi connectivity index (χ0) is 14.4. The number of halogens is 1. The molecule has 1 aliphatic rings. The van der Waals surface area contributed by atoms with E-state index < -0.39 is 5.60 Å². The number of rotatable bonds is 5. The van der Waals surface area contributed by atoms with Crippen molar-refractivity contribution in [1.29, 1.82) is 0 Å². The fourth-order valence-electron chi connectivity index (χ4n) is 2.76. The van der Waals surface area contributed by atoms with E-state index in [1.165, 1.54) is 0 Å². The minimum atomic E-state index is -0.643. The molecule has 118 valence electrons. The molecule has 0 spiro atoms. The molecule has 5 heteroatoms. The molecule has 0 radical (unpaired) electrons. The lowest BCUT2D eigenvalue weighted by atomic mass is 9.90. The van der Waals surface area contributed by atoms with Gasteiger partial charge in [-0.2, -0.15) is 0 Å². The fraction of sp³-hybridized carbons (Fsp3) is 0.562. The molecular weight excluding hydrogens is 288 g/mol. The number of hydrogen-bond donors (Lipinski definition) is 1. The van der Waals surface area contributed by atoms with Crippen LogP contribution in [0.4, 0.5) is 0 Å². The van der Waals surface area contributed by atoms with Crippen molar-refractivity contribution in [3.05, 3.63) is 35.9 Å². The van der Waals surface area contributed by atoms with Crippen molar-refractivity contribution in [2.45, 2.75) is 31.9 Å². The Hall–Kier alpha value is -1.10. The number of ether oxygens (including phenoxy) is 1. The van der Waals surface area contributed by atoms with Crippen molar-refractivity contribution in [2.24, 2.45) is 0 Å². The van der Waals surface area contributed by atoms with Crippen LogP contribution in [0.5, 0.6) is 0 Å². The third-order valence-electron chi connectivity index (χ3n) is 4.08. The largest absolute Gasteiger partial charge is 0.368 e. The van der Waals surface area contributed by atoms with Crippen LogP contribution in [0.2, 0.25) is 0 Å². The molecule has 0 atom stereocenters. The van der Waals surface area contributed by atoms with Crippen molar-refractivity contribution in [1.82, 2.24) is 10.2 Å². The van der Waals surface area contributed by atoms with Gasteiger partial charge in [-0.3, -0.25) is 4.79 Å². The van der Waals surface area contributed by atoms with Crippen LogP contribution < -0.4 is 5.32 Å². The molecule has 0 bridgehead atoms. The van der Waals surface area contributed by atoms with E-state index in [-0.39, 0.29) is 18.3 Å². The monoisotopic (exact) mass is 312 g/mol. The predicted octanol–water partition coefficient (Wildman–Crippen LogP) is 2.23. The van der Waals surface area contributed by atoms with Crippen molar-refractivity contribution in [3.63, 3.8) is 0 Å². The van der Waals surface area contributed by atoms with Crippen LogP contribution in [0.25, 0.3) is 0 Å². The Bertz CT molecular complexity index is 433. The minimum Gasteiger partial charge on any atom is -0.368 e. The van der Waals surface area contributed by atoms with Crippen LogP contribution in [0, 0.1) is 0 Å². The Kier molecular flexibility index (Phi) is 7.15. The normalized spacial score (nSPS) is 16.9. The van der Waals surface area contributed by atoms with Crippen LogP contribution >= 0.6 is 12.4 Å². The minimum absolute atomic E-state index is 0. The third-order valence-corrected chi connectivity index (χ3v) is 4.08. The third kappa shape index (κ3) is 4.19. The summed E-state index contributed by atoms with van der Waals surface area (Å²) >= 11 is 0. The van der Waals surface area contributed by atoms with E-state index in [1.807, 2.05) is 30.0 Å². The molecule has 4 nitrogen and oxygen atoms in total. The quantitative estimate of drug-likeness (QED) is 0.906. The topological polar surface area (TPSA) is 41.6 Å². The zero-order valence-electron chi connectivity index (χ0n) is 12.8. The van der Waals surface area contributed by atoms with Crippen LogP contribution in [-0.2, 0) is 16.1 Å². The summed E-state index contributed by atoms with van der Waals surface area (Å²) in [6.45, 7) is 5.04. The molecule has 0 aliphatic carbocycles.